The zero-order chi connectivity index (χ0) is 21.8. The number of rotatable bonds is 9. The van der Waals surface area contributed by atoms with Crippen molar-refractivity contribution in [2.75, 3.05) is 6.61 Å². The molecule has 9 heteroatoms. The first-order chi connectivity index (χ1) is 13.6. The Morgan fingerprint density at radius 2 is 1.90 bits per heavy atom. The van der Waals surface area contributed by atoms with Gasteiger partial charge in [0.2, 0.25) is 0 Å². The molecular formula is C20H29F2N2O2PS2. The Labute approximate surface area is 182 Å². The molecule has 29 heavy (non-hydrogen) atoms. The molecule has 1 unspecified atom stereocenters. The standard InChI is InChI=1S/C20H29F2N2O2PS2/c1-13(2)24(14(3)4)27(25-11-7-10-23)26-19-18(28-29-20(19,5)6)16-9-8-15(21)12-17(16)22/h8-9,12-14,18-19H,7,11H2,1-6H3/t18-,19+,27?/m1/s1. The van der Waals surface area contributed by atoms with Crippen LogP contribution in [0.4, 0.5) is 8.78 Å². The van der Waals surface area contributed by atoms with Crippen LogP contribution in [0.1, 0.15) is 58.8 Å². The van der Waals surface area contributed by atoms with Crippen LogP contribution in [-0.2, 0) is 9.05 Å². The monoisotopic (exact) mass is 462 g/mol. The highest BCUT2D eigenvalue weighted by Crippen LogP contribution is 2.63. The van der Waals surface area contributed by atoms with E-state index in [2.05, 4.69) is 52.3 Å². The summed E-state index contributed by atoms with van der Waals surface area (Å²) in [5.41, 5.74) is 0.437. The van der Waals surface area contributed by atoms with E-state index >= 15 is 0 Å². The molecule has 0 radical (unpaired) electrons. The first-order valence-electron chi connectivity index (χ1n) is 9.63. The fourth-order valence-corrected chi connectivity index (χ4v) is 8.66. The maximum absolute atomic E-state index is 14.5. The minimum absolute atomic E-state index is 0.175. The number of benzene rings is 1. The summed E-state index contributed by atoms with van der Waals surface area (Å²) in [6.45, 7) is 12.7. The van der Waals surface area contributed by atoms with Crippen LogP contribution in [-0.4, -0.2) is 34.2 Å². The number of halogens is 2. The summed E-state index contributed by atoms with van der Waals surface area (Å²) in [5, 5.41) is 8.60. The van der Waals surface area contributed by atoms with Gasteiger partial charge in [-0.1, -0.05) is 27.7 Å². The molecule has 1 saturated heterocycles. The van der Waals surface area contributed by atoms with Crippen molar-refractivity contribution >= 4 is 30.1 Å². The van der Waals surface area contributed by atoms with E-state index in [0.717, 1.165) is 6.07 Å². The second-order valence-corrected chi connectivity index (χ2v) is 12.3. The summed E-state index contributed by atoms with van der Waals surface area (Å²) in [6.07, 6.45) is -0.0644. The van der Waals surface area contributed by atoms with E-state index in [1.165, 1.54) is 12.1 Å². The van der Waals surface area contributed by atoms with Gasteiger partial charge in [0.05, 0.1) is 30.5 Å². The van der Waals surface area contributed by atoms with E-state index in [9.17, 15) is 8.78 Å². The Kier molecular flexibility index (Phi) is 9.21. The molecular weight excluding hydrogens is 433 g/mol. The van der Waals surface area contributed by atoms with Crippen LogP contribution in [0, 0.1) is 23.0 Å². The van der Waals surface area contributed by atoms with Crippen LogP contribution in [0.25, 0.3) is 0 Å². The van der Waals surface area contributed by atoms with Gasteiger partial charge in [0.1, 0.15) is 11.6 Å². The normalized spacial score (nSPS) is 22.4. The molecule has 1 heterocycles. The molecule has 1 aromatic carbocycles. The molecule has 0 aromatic heterocycles. The van der Waals surface area contributed by atoms with Crippen LogP contribution >= 0.6 is 30.1 Å². The smallest absolute Gasteiger partial charge is 0.259 e. The van der Waals surface area contributed by atoms with Gasteiger partial charge in [-0.15, -0.1) is 0 Å². The predicted octanol–water partition coefficient (Wildman–Crippen LogP) is 6.84. The topological polar surface area (TPSA) is 45.5 Å². The summed E-state index contributed by atoms with van der Waals surface area (Å²) in [5.74, 6) is -1.15. The lowest BCUT2D eigenvalue weighted by Gasteiger charge is -2.39. The van der Waals surface area contributed by atoms with E-state index < -0.39 is 20.2 Å². The zero-order valence-electron chi connectivity index (χ0n) is 17.7. The Balaban J connectivity index is 2.34. The predicted molar refractivity (Wildman–Crippen MR) is 118 cm³/mol. The Bertz CT molecular complexity index is 723. The maximum Gasteiger partial charge on any atom is 0.259 e. The van der Waals surface area contributed by atoms with Gasteiger partial charge >= 0.3 is 0 Å². The van der Waals surface area contributed by atoms with E-state index in [0.29, 0.717) is 5.56 Å². The number of hydrogen-bond donors (Lipinski definition) is 0. The van der Waals surface area contributed by atoms with Crippen LogP contribution in [0.5, 0.6) is 0 Å². The van der Waals surface area contributed by atoms with E-state index in [-0.39, 0.29) is 41.2 Å². The average molecular weight is 463 g/mol. The molecule has 1 aliphatic heterocycles. The van der Waals surface area contributed by atoms with Gasteiger partial charge < -0.3 is 9.05 Å². The second kappa shape index (κ2) is 10.7. The summed E-state index contributed by atoms with van der Waals surface area (Å²) < 4.78 is 42.4. The maximum atomic E-state index is 14.5. The third-order valence-electron chi connectivity index (χ3n) is 4.46. The van der Waals surface area contributed by atoms with Crippen molar-refractivity contribution in [1.82, 2.24) is 4.67 Å². The molecule has 4 nitrogen and oxygen atoms in total. The Morgan fingerprint density at radius 3 is 2.45 bits per heavy atom. The van der Waals surface area contributed by atoms with Crippen molar-refractivity contribution in [3.63, 3.8) is 0 Å². The molecule has 0 saturated carbocycles. The molecule has 162 valence electrons. The van der Waals surface area contributed by atoms with Crippen molar-refractivity contribution in [1.29, 1.82) is 5.26 Å². The van der Waals surface area contributed by atoms with E-state index in [1.807, 2.05) is 0 Å². The third-order valence-corrected chi connectivity index (χ3v) is 10.2. The highest BCUT2D eigenvalue weighted by Gasteiger charge is 2.49. The molecule has 0 amide bonds. The minimum Gasteiger partial charge on any atom is -0.321 e. The fraction of sp³-hybridized carbons (Fsp3) is 0.650. The van der Waals surface area contributed by atoms with Crippen molar-refractivity contribution in [3.05, 3.63) is 35.4 Å². The van der Waals surface area contributed by atoms with Crippen LogP contribution in [0.3, 0.4) is 0 Å². The summed E-state index contributed by atoms with van der Waals surface area (Å²) in [7, 11) is 1.72. The lowest BCUT2D eigenvalue weighted by atomic mass is 9.97. The molecule has 1 fully saturated rings. The van der Waals surface area contributed by atoms with Gasteiger partial charge in [0.15, 0.2) is 0 Å². The molecule has 0 bridgehead atoms. The van der Waals surface area contributed by atoms with Crippen molar-refractivity contribution < 1.29 is 17.8 Å². The Morgan fingerprint density at radius 1 is 1.24 bits per heavy atom. The summed E-state index contributed by atoms with van der Waals surface area (Å²) >= 11 is 0. The van der Waals surface area contributed by atoms with Gasteiger partial charge in [-0.3, -0.25) is 0 Å². The second-order valence-electron chi connectivity index (χ2n) is 7.94. The molecule has 0 spiro atoms. The number of nitriles is 1. The highest BCUT2D eigenvalue weighted by atomic mass is 33.1. The molecule has 1 aliphatic rings. The summed E-state index contributed by atoms with van der Waals surface area (Å²) in [4.78, 5) is 0. The lowest BCUT2D eigenvalue weighted by Crippen LogP contribution is -2.39. The van der Waals surface area contributed by atoms with Crippen molar-refractivity contribution in [3.8, 4) is 6.07 Å². The van der Waals surface area contributed by atoms with Crippen molar-refractivity contribution in [2.24, 2.45) is 0 Å². The van der Waals surface area contributed by atoms with Gasteiger partial charge in [-0.25, -0.2) is 13.5 Å². The van der Waals surface area contributed by atoms with Crippen LogP contribution in [0.2, 0.25) is 0 Å². The molecule has 2 rings (SSSR count). The Hall–Kier alpha value is -0.420. The van der Waals surface area contributed by atoms with Crippen molar-refractivity contribution in [2.45, 2.75) is 76.1 Å². The number of nitrogens with zero attached hydrogens (tertiary/aromatic N) is 2. The average Bonchev–Trinajstić information content (AvgIpc) is 2.89. The van der Waals surface area contributed by atoms with Gasteiger partial charge in [-0.2, -0.15) is 5.26 Å². The van der Waals surface area contributed by atoms with E-state index in [4.69, 9.17) is 14.3 Å². The first kappa shape index (κ1) is 24.8. The summed E-state index contributed by atoms with van der Waals surface area (Å²) in [6, 6.07) is 6.15. The zero-order valence-corrected chi connectivity index (χ0v) is 20.2. The molecule has 0 aliphatic carbocycles. The highest BCUT2D eigenvalue weighted by molar-refractivity contribution is 8.77. The SMILES string of the molecule is CC(C)N(C(C)C)P(OCCC#N)O[C@H]1[C@@H](c2ccc(F)cc2F)SSC1(C)C. The third kappa shape index (κ3) is 6.29. The number of hydrogen-bond acceptors (Lipinski definition) is 6. The fourth-order valence-electron chi connectivity index (χ4n) is 3.16. The first-order valence-corrected chi connectivity index (χ1v) is 13.0. The lowest BCUT2D eigenvalue weighted by molar-refractivity contribution is 0.114. The minimum atomic E-state index is -1.46. The van der Waals surface area contributed by atoms with Crippen LogP contribution < -0.4 is 0 Å². The largest absolute Gasteiger partial charge is 0.321 e. The van der Waals surface area contributed by atoms with Gasteiger partial charge in [0, 0.05) is 28.5 Å². The van der Waals surface area contributed by atoms with Crippen LogP contribution in [0.15, 0.2) is 18.2 Å². The molecule has 1 aromatic rings. The molecule has 0 N–H and O–H groups in total. The van der Waals surface area contributed by atoms with Gasteiger partial charge in [-0.05, 0) is 47.6 Å². The van der Waals surface area contributed by atoms with E-state index in [1.54, 1.807) is 21.6 Å². The van der Waals surface area contributed by atoms with Gasteiger partial charge in [0.25, 0.3) is 8.53 Å². The quantitative estimate of drug-likeness (QED) is 0.227. The molecule has 3 atom stereocenters.